The Labute approximate surface area is 88.1 Å². The van der Waals surface area contributed by atoms with Gasteiger partial charge in [0.05, 0.1) is 12.5 Å². The molecule has 0 spiro atoms. The summed E-state index contributed by atoms with van der Waals surface area (Å²) >= 11 is 0. The molecule has 0 heterocycles. The molecule has 3 heteroatoms. The Balaban J connectivity index is 3.81. The van der Waals surface area contributed by atoms with Crippen molar-refractivity contribution in [2.24, 2.45) is 5.41 Å². The molecule has 0 rings (SSSR count). The van der Waals surface area contributed by atoms with Gasteiger partial charge in [0.1, 0.15) is 0 Å². The quantitative estimate of drug-likeness (QED) is 0.701. The van der Waals surface area contributed by atoms with Crippen LogP contribution in [0.3, 0.4) is 0 Å². The molecule has 0 aliphatic carbocycles. The molecule has 1 N–H and O–H groups in total. The number of hydrogen-bond donors (Lipinski definition) is 1. The molecule has 0 aromatic rings. The van der Waals surface area contributed by atoms with Crippen LogP contribution in [0.25, 0.3) is 0 Å². The molecule has 0 amide bonds. The van der Waals surface area contributed by atoms with Crippen molar-refractivity contribution in [1.29, 1.82) is 5.26 Å². The van der Waals surface area contributed by atoms with E-state index < -0.39 is 0 Å². The highest BCUT2D eigenvalue weighted by Gasteiger charge is 2.19. The first-order chi connectivity index (χ1) is 6.37. The van der Waals surface area contributed by atoms with Crippen LogP contribution in [-0.4, -0.2) is 38.1 Å². The van der Waals surface area contributed by atoms with Crippen molar-refractivity contribution in [3.8, 4) is 6.07 Å². The van der Waals surface area contributed by atoms with Gasteiger partial charge in [0.15, 0.2) is 0 Å². The van der Waals surface area contributed by atoms with Gasteiger partial charge in [-0.3, -0.25) is 0 Å². The summed E-state index contributed by atoms with van der Waals surface area (Å²) in [5.74, 6) is 0. The summed E-state index contributed by atoms with van der Waals surface area (Å²) < 4.78 is 0. The Morgan fingerprint density at radius 3 is 2.43 bits per heavy atom. The van der Waals surface area contributed by atoms with E-state index in [2.05, 4.69) is 51.2 Å². The van der Waals surface area contributed by atoms with Crippen molar-refractivity contribution in [1.82, 2.24) is 10.2 Å². The molecule has 0 saturated carbocycles. The van der Waals surface area contributed by atoms with Crippen molar-refractivity contribution >= 4 is 0 Å². The molecule has 0 radical (unpaired) electrons. The zero-order valence-corrected chi connectivity index (χ0v) is 10.1. The second-order valence-corrected chi connectivity index (χ2v) is 5.05. The average molecular weight is 197 g/mol. The predicted octanol–water partition coefficient (Wildman–Crippen LogP) is 1.47. The minimum atomic E-state index is 0.257. The molecule has 1 atom stereocenters. The Morgan fingerprint density at radius 2 is 2.00 bits per heavy atom. The van der Waals surface area contributed by atoms with Gasteiger partial charge in [-0.05, 0) is 26.4 Å². The molecular weight excluding hydrogens is 174 g/mol. The van der Waals surface area contributed by atoms with Crippen LogP contribution in [-0.2, 0) is 0 Å². The molecule has 1 unspecified atom stereocenters. The molecule has 0 bridgehead atoms. The fourth-order valence-electron chi connectivity index (χ4n) is 1.57. The highest BCUT2D eigenvalue weighted by Crippen LogP contribution is 2.14. The van der Waals surface area contributed by atoms with Gasteiger partial charge in [0.2, 0.25) is 0 Å². The maximum absolute atomic E-state index is 8.51. The number of nitrogens with zero attached hydrogens (tertiary/aromatic N) is 2. The molecule has 82 valence electrons. The van der Waals surface area contributed by atoms with E-state index >= 15 is 0 Å². The highest BCUT2D eigenvalue weighted by atomic mass is 15.1. The molecular formula is C11H23N3. The second-order valence-electron chi connectivity index (χ2n) is 5.05. The largest absolute Gasteiger partial charge is 0.313 e. The first-order valence-electron chi connectivity index (χ1n) is 5.12. The smallest absolute Gasteiger partial charge is 0.0638 e. The number of nitriles is 1. The first kappa shape index (κ1) is 13.4. The van der Waals surface area contributed by atoms with Gasteiger partial charge in [0.25, 0.3) is 0 Å². The fraction of sp³-hybridized carbons (Fsp3) is 0.909. The lowest BCUT2D eigenvalue weighted by atomic mass is 9.92. The van der Waals surface area contributed by atoms with Crippen LogP contribution in [0.5, 0.6) is 0 Å². The van der Waals surface area contributed by atoms with E-state index in [1.807, 2.05) is 0 Å². The fourth-order valence-corrected chi connectivity index (χ4v) is 1.57. The van der Waals surface area contributed by atoms with Gasteiger partial charge >= 0.3 is 0 Å². The van der Waals surface area contributed by atoms with Crippen molar-refractivity contribution in [2.45, 2.75) is 33.2 Å². The van der Waals surface area contributed by atoms with Crippen LogP contribution in [0.15, 0.2) is 0 Å². The molecule has 14 heavy (non-hydrogen) atoms. The molecule has 0 aliphatic heterocycles. The van der Waals surface area contributed by atoms with Gasteiger partial charge in [-0.1, -0.05) is 13.8 Å². The Kier molecular flexibility index (Phi) is 5.75. The number of nitrogens with one attached hydrogen (secondary N) is 1. The van der Waals surface area contributed by atoms with Crippen LogP contribution < -0.4 is 5.32 Å². The third-order valence-electron chi connectivity index (χ3n) is 2.07. The third kappa shape index (κ3) is 6.88. The number of rotatable bonds is 6. The predicted molar refractivity (Wildman–Crippen MR) is 60.0 cm³/mol. The van der Waals surface area contributed by atoms with Crippen molar-refractivity contribution < 1.29 is 0 Å². The van der Waals surface area contributed by atoms with Crippen molar-refractivity contribution in [3.05, 3.63) is 0 Å². The monoisotopic (exact) mass is 197 g/mol. The lowest BCUT2D eigenvalue weighted by Crippen LogP contribution is -2.40. The highest BCUT2D eigenvalue weighted by molar-refractivity contribution is 4.81. The van der Waals surface area contributed by atoms with E-state index in [4.69, 9.17) is 5.26 Å². The lowest BCUT2D eigenvalue weighted by Gasteiger charge is -2.29. The summed E-state index contributed by atoms with van der Waals surface area (Å²) in [5.41, 5.74) is 0.257. The summed E-state index contributed by atoms with van der Waals surface area (Å²) in [4.78, 5) is 2.19. The van der Waals surface area contributed by atoms with Crippen LogP contribution in [0.2, 0.25) is 0 Å². The molecule has 3 nitrogen and oxygen atoms in total. The van der Waals surface area contributed by atoms with Crippen LogP contribution in [0.4, 0.5) is 0 Å². The lowest BCUT2D eigenvalue weighted by molar-refractivity contribution is 0.227. The van der Waals surface area contributed by atoms with Gasteiger partial charge in [-0.15, -0.1) is 0 Å². The minimum absolute atomic E-state index is 0.257. The van der Waals surface area contributed by atoms with Gasteiger partial charge < -0.3 is 10.2 Å². The molecule has 0 saturated heterocycles. The summed E-state index contributed by atoms with van der Waals surface area (Å²) in [7, 11) is 4.17. The van der Waals surface area contributed by atoms with Crippen LogP contribution in [0.1, 0.15) is 27.2 Å². The van der Waals surface area contributed by atoms with Crippen LogP contribution >= 0.6 is 0 Å². The van der Waals surface area contributed by atoms with Gasteiger partial charge in [-0.2, -0.15) is 5.26 Å². The zero-order chi connectivity index (χ0) is 11.2. The normalized spacial score (nSPS) is 14.1. The summed E-state index contributed by atoms with van der Waals surface area (Å²) in [6.07, 6.45) is 0.581. The Morgan fingerprint density at radius 1 is 1.43 bits per heavy atom. The van der Waals surface area contributed by atoms with Crippen molar-refractivity contribution in [3.63, 3.8) is 0 Å². The van der Waals surface area contributed by atoms with E-state index in [0.29, 0.717) is 12.5 Å². The summed E-state index contributed by atoms with van der Waals surface area (Å²) in [6.45, 7) is 8.53. The summed E-state index contributed by atoms with van der Waals surface area (Å²) in [6, 6.07) is 2.46. The van der Waals surface area contributed by atoms with E-state index in [1.54, 1.807) is 0 Å². The SMILES string of the molecule is CC(CC#N)NCC(C)(C)CN(C)C. The molecule has 0 aromatic heterocycles. The minimum Gasteiger partial charge on any atom is -0.313 e. The van der Waals surface area contributed by atoms with Crippen LogP contribution in [0, 0.1) is 16.7 Å². The zero-order valence-electron chi connectivity index (χ0n) is 10.1. The second kappa shape index (κ2) is 6.00. The maximum Gasteiger partial charge on any atom is 0.0638 e. The van der Waals surface area contributed by atoms with E-state index in [-0.39, 0.29) is 5.41 Å². The average Bonchev–Trinajstić information content (AvgIpc) is 1.99. The molecule has 0 fully saturated rings. The van der Waals surface area contributed by atoms with Gasteiger partial charge in [-0.25, -0.2) is 0 Å². The maximum atomic E-state index is 8.51. The number of hydrogen-bond acceptors (Lipinski definition) is 3. The van der Waals surface area contributed by atoms with Gasteiger partial charge in [0, 0.05) is 19.1 Å². The van der Waals surface area contributed by atoms with E-state index in [0.717, 1.165) is 13.1 Å². The third-order valence-corrected chi connectivity index (χ3v) is 2.07. The Bertz CT molecular complexity index is 191. The first-order valence-corrected chi connectivity index (χ1v) is 5.12. The van der Waals surface area contributed by atoms with E-state index in [9.17, 15) is 0 Å². The van der Waals surface area contributed by atoms with Crippen molar-refractivity contribution in [2.75, 3.05) is 27.2 Å². The Hall–Kier alpha value is -0.590. The molecule has 0 aliphatic rings. The van der Waals surface area contributed by atoms with E-state index in [1.165, 1.54) is 0 Å². The summed E-state index contributed by atoms with van der Waals surface area (Å²) in [5, 5.41) is 11.9. The molecule has 0 aromatic carbocycles. The standard InChI is InChI=1S/C11H23N3/c1-10(6-7-12)13-8-11(2,3)9-14(4)5/h10,13H,6,8-9H2,1-5H3. The topological polar surface area (TPSA) is 39.1 Å².